The fourth-order valence-corrected chi connectivity index (χ4v) is 4.18. The minimum absolute atomic E-state index is 0.197. The normalized spacial score (nSPS) is 20.8. The van der Waals surface area contributed by atoms with E-state index in [0.29, 0.717) is 6.04 Å². The summed E-state index contributed by atoms with van der Waals surface area (Å²) in [7, 11) is 1.99. The molecule has 0 aliphatic carbocycles. The van der Waals surface area contributed by atoms with Gasteiger partial charge in [-0.1, -0.05) is 32.9 Å². The zero-order valence-corrected chi connectivity index (χ0v) is 16.0. The number of hydrogen-bond acceptors (Lipinski definition) is 3. The molecule has 134 valence electrons. The standard InChI is InChI=1S/C21H30N4/c1-21(2,3)16-10-15-7-9-25(17-12-23-24(4)13-17)14-19(15)18(11-16)20-6-5-8-22-20/h10-13,20,22H,5-9,14H2,1-4H3/t20-/m0/s1. The van der Waals surface area contributed by atoms with Crippen LogP contribution in [0.4, 0.5) is 5.69 Å². The van der Waals surface area contributed by atoms with E-state index < -0.39 is 0 Å². The summed E-state index contributed by atoms with van der Waals surface area (Å²) in [4.78, 5) is 2.48. The third kappa shape index (κ3) is 3.20. The molecule has 1 atom stereocenters. The van der Waals surface area contributed by atoms with Crippen molar-refractivity contribution in [1.82, 2.24) is 15.1 Å². The van der Waals surface area contributed by atoms with Gasteiger partial charge in [0.15, 0.2) is 0 Å². The molecule has 4 heteroatoms. The van der Waals surface area contributed by atoms with Gasteiger partial charge in [0, 0.05) is 32.4 Å². The molecule has 4 nitrogen and oxygen atoms in total. The summed E-state index contributed by atoms with van der Waals surface area (Å²) in [5.41, 5.74) is 7.54. The molecule has 2 aliphatic heterocycles. The summed E-state index contributed by atoms with van der Waals surface area (Å²) in [5, 5.41) is 8.08. The summed E-state index contributed by atoms with van der Waals surface area (Å²) in [5.74, 6) is 0. The van der Waals surface area contributed by atoms with Gasteiger partial charge in [0.25, 0.3) is 0 Å². The van der Waals surface area contributed by atoms with Gasteiger partial charge in [-0.2, -0.15) is 5.10 Å². The van der Waals surface area contributed by atoms with Crippen molar-refractivity contribution in [2.45, 2.75) is 58.0 Å². The highest BCUT2D eigenvalue weighted by Gasteiger charge is 2.28. The summed E-state index contributed by atoms with van der Waals surface area (Å²) in [6, 6.07) is 5.47. The molecule has 1 N–H and O–H groups in total. The number of rotatable bonds is 2. The van der Waals surface area contributed by atoms with E-state index in [-0.39, 0.29) is 5.41 Å². The summed E-state index contributed by atoms with van der Waals surface area (Å²) in [6.45, 7) is 10.2. The number of fused-ring (bicyclic) bond motifs is 1. The summed E-state index contributed by atoms with van der Waals surface area (Å²) >= 11 is 0. The first-order chi connectivity index (χ1) is 11.9. The molecule has 3 heterocycles. The van der Waals surface area contributed by atoms with E-state index in [2.05, 4.69) is 54.4 Å². The van der Waals surface area contributed by atoms with E-state index in [1.807, 2.05) is 17.9 Å². The second kappa shape index (κ2) is 6.17. The highest BCUT2D eigenvalue weighted by atomic mass is 15.3. The quantitative estimate of drug-likeness (QED) is 0.906. The molecule has 0 unspecified atom stereocenters. The fraction of sp³-hybridized carbons (Fsp3) is 0.571. The molecule has 0 bridgehead atoms. The van der Waals surface area contributed by atoms with Crippen LogP contribution in [0.3, 0.4) is 0 Å². The number of aryl methyl sites for hydroxylation is 1. The third-order valence-electron chi connectivity index (χ3n) is 5.74. The lowest BCUT2D eigenvalue weighted by atomic mass is 9.80. The SMILES string of the molecule is Cn1cc(N2CCc3cc(C(C)(C)C)cc([C@@H]4CCCN4)c3C2)cn1. The molecule has 0 radical (unpaired) electrons. The van der Waals surface area contributed by atoms with Crippen LogP contribution in [-0.4, -0.2) is 22.9 Å². The van der Waals surface area contributed by atoms with Crippen molar-refractivity contribution in [3.63, 3.8) is 0 Å². The Labute approximate surface area is 151 Å². The van der Waals surface area contributed by atoms with E-state index in [4.69, 9.17) is 0 Å². The molecule has 0 amide bonds. The van der Waals surface area contributed by atoms with Crippen molar-refractivity contribution >= 4 is 5.69 Å². The van der Waals surface area contributed by atoms with Gasteiger partial charge >= 0.3 is 0 Å². The first kappa shape index (κ1) is 16.6. The maximum absolute atomic E-state index is 4.36. The van der Waals surface area contributed by atoms with E-state index in [1.165, 1.54) is 29.7 Å². The van der Waals surface area contributed by atoms with Crippen molar-refractivity contribution in [2.24, 2.45) is 7.05 Å². The van der Waals surface area contributed by atoms with E-state index in [0.717, 1.165) is 26.1 Å². The van der Waals surface area contributed by atoms with Crippen LogP contribution < -0.4 is 10.2 Å². The van der Waals surface area contributed by atoms with Crippen LogP contribution in [0, 0.1) is 0 Å². The van der Waals surface area contributed by atoms with E-state index >= 15 is 0 Å². The van der Waals surface area contributed by atoms with Crippen molar-refractivity contribution in [3.05, 3.63) is 46.8 Å². The van der Waals surface area contributed by atoms with Crippen molar-refractivity contribution in [3.8, 4) is 0 Å². The summed E-state index contributed by atoms with van der Waals surface area (Å²) < 4.78 is 1.90. The predicted molar refractivity (Wildman–Crippen MR) is 103 cm³/mol. The molecule has 2 aliphatic rings. The Morgan fingerprint density at radius 3 is 2.72 bits per heavy atom. The van der Waals surface area contributed by atoms with Crippen LogP contribution >= 0.6 is 0 Å². The molecule has 2 aromatic rings. The second-order valence-electron chi connectivity index (χ2n) is 8.65. The molecular formula is C21H30N4. The van der Waals surface area contributed by atoms with Crippen LogP contribution in [0.25, 0.3) is 0 Å². The van der Waals surface area contributed by atoms with Crippen LogP contribution in [-0.2, 0) is 25.4 Å². The lowest BCUT2D eigenvalue weighted by Gasteiger charge is -2.34. The van der Waals surface area contributed by atoms with Gasteiger partial charge in [-0.25, -0.2) is 0 Å². The number of nitrogens with one attached hydrogen (secondary N) is 1. The van der Waals surface area contributed by atoms with Gasteiger partial charge in [0.2, 0.25) is 0 Å². The molecule has 0 saturated carbocycles. The molecule has 25 heavy (non-hydrogen) atoms. The van der Waals surface area contributed by atoms with Gasteiger partial charge in [0.05, 0.1) is 11.9 Å². The number of hydrogen-bond donors (Lipinski definition) is 1. The van der Waals surface area contributed by atoms with Crippen LogP contribution in [0.1, 0.15) is 61.9 Å². The number of nitrogens with zero attached hydrogens (tertiary/aromatic N) is 3. The van der Waals surface area contributed by atoms with Gasteiger partial charge < -0.3 is 10.2 Å². The molecule has 4 rings (SSSR count). The monoisotopic (exact) mass is 338 g/mol. The van der Waals surface area contributed by atoms with Crippen molar-refractivity contribution in [1.29, 1.82) is 0 Å². The molecule has 1 fully saturated rings. The van der Waals surface area contributed by atoms with Crippen molar-refractivity contribution < 1.29 is 0 Å². The minimum atomic E-state index is 0.197. The number of anilines is 1. The van der Waals surface area contributed by atoms with Gasteiger partial charge in [-0.3, -0.25) is 4.68 Å². The zero-order chi connectivity index (χ0) is 17.6. The fourth-order valence-electron chi connectivity index (χ4n) is 4.18. The Hall–Kier alpha value is -1.81. The Morgan fingerprint density at radius 2 is 2.08 bits per heavy atom. The van der Waals surface area contributed by atoms with E-state index in [9.17, 15) is 0 Å². The summed E-state index contributed by atoms with van der Waals surface area (Å²) in [6.07, 6.45) is 7.77. The predicted octanol–water partition coefficient (Wildman–Crippen LogP) is 3.70. The topological polar surface area (TPSA) is 33.1 Å². The zero-order valence-electron chi connectivity index (χ0n) is 16.0. The largest absolute Gasteiger partial charge is 0.364 e. The second-order valence-corrected chi connectivity index (χ2v) is 8.65. The highest BCUT2D eigenvalue weighted by Crippen LogP contribution is 2.36. The Morgan fingerprint density at radius 1 is 1.24 bits per heavy atom. The van der Waals surface area contributed by atoms with Gasteiger partial charge in [-0.05, 0) is 53.5 Å². The Bertz CT molecular complexity index is 763. The lowest BCUT2D eigenvalue weighted by molar-refractivity contribution is 0.576. The van der Waals surface area contributed by atoms with E-state index in [1.54, 1.807) is 11.1 Å². The molecular weight excluding hydrogens is 308 g/mol. The molecule has 0 spiro atoms. The van der Waals surface area contributed by atoms with Crippen LogP contribution in [0.15, 0.2) is 24.5 Å². The Kier molecular flexibility index (Phi) is 4.11. The van der Waals surface area contributed by atoms with Crippen molar-refractivity contribution in [2.75, 3.05) is 18.0 Å². The minimum Gasteiger partial charge on any atom is -0.364 e. The van der Waals surface area contributed by atoms with Gasteiger partial charge in [0.1, 0.15) is 0 Å². The highest BCUT2D eigenvalue weighted by molar-refractivity contribution is 5.51. The maximum Gasteiger partial charge on any atom is 0.0755 e. The number of aromatic nitrogens is 2. The van der Waals surface area contributed by atoms with Crippen LogP contribution in [0.2, 0.25) is 0 Å². The molecule has 1 saturated heterocycles. The molecule has 1 aromatic carbocycles. The number of benzene rings is 1. The molecule has 1 aromatic heterocycles. The Balaban J connectivity index is 1.74. The average Bonchev–Trinajstić information content (AvgIpc) is 3.24. The first-order valence-corrected chi connectivity index (χ1v) is 9.55. The average molecular weight is 338 g/mol. The lowest BCUT2D eigenvalue weighted by Crippen LogP contribution is -2.32. The maximum atomic E-state index is 4.36. The third-order valence-corrected chi connectivity index (χ3v) is 5.74. The van der Waals surface area contributed by atoms with Gasteiger partial charge in [-0.15, -0.1) is 0 Å². The first-order valence-electron chi connectivity index (χ1n) is 9.55. The van der Waals surface area contributed by atoms with Crippen LogP contribution in [0.5, 0.6) is 0 Å². The smallest absolute Gasteiger partial charge is 0.0755 e.